The van der Waals surface area contributed by atoms with Crippen molar-refractivity contribution in [2.24, 2.45) is 11.8 Å². The lowest BCUT2D eigenvalue weighted by molar-refractivity contribution is -0.157. The van der Waals surface area contributed by atoms with Gasteiger partial charge < -0.3 is 14.2 Å². The van der Waals surface area contributed by atoms with E-state index in [2.05, 4.69) is 6.58 Å². The van der Waals surface area contributed by atoms with E-state index in [0.717, 1.165) is 25.3 Å². The van der Waals surface area contributed by atoms with E-state index in [1.54, 1.807) is 0 Å². The fraction of sp³-hybridized carbons (Fsp3) is 0.688. The zero-order chi connectivity index (χ0) is 16.4. The van der Waals surface area contributed by atoms with Crippen LogP contribution in [0.5, 0.6) is 0 Å². The molecule has 1 aliphatic carbocycles. The average molecular weight is 312 g/mol. The Morgan fingerprint density at radius 1 is 1.00 bits per heavy atom. The first-order valence-electron chi connectivity index (χ1n) is 7.71. The summed E-state index contributed by atoms with van der Waals surface area (Å²) in [5, 5.41) is 0. The van der Waals surface area contributed by atoms with Crippen LogP contribution in [0.25, 0.3) is 0 Å². The third-order valence-electron chi connectivity index (χ3n) is 3.53. The summed E-state index contributed by atoms with van der Waals surface area (Å²) < 4.78 is 14.9. The quantitative estimate of drug-likeness (QED) is 0.295. The van der Waals surface area contributed by atoms with Crippen LogP contribution in [-0.4, -0.2) is 37.7 Å². The first-order chi connectivity index (χ1) is 10.6. The minimum atomic E-state index is -0.549. The topological polar surface area (TPSA) is 78.9 Å². The average Bonchev–Trinajstić information content (AvgIpc) is 2.56. The van der Waals surface area contributed by atoms with Gasteiger partial charge in [-0.2, -0.15) is 0 Å². The standard InChI is InChI=1S/C16H24O6/c1-3-8-21-15(18)12-6-5-7-13(11-12)16(19)22-10-9-20-14(17)4-2/h4,12-13H,2-3,5-11H2,1H3. The van der Waals surface area contributed by atoms with Crippen molar-refractivity contribution in [3.63, 3.8) is 0 Å². The van der Waals surface area contributed by atoms with Crippen LogP contribution in [0.3, 0.4) is 0 Å². The molecule has 1 aliphatic rings. The maximum atomic E-state index is 12.0. The highest BCUT2D eigenvalue weighted by Crippen LogP contribution is 2.30. The fourth-order valence-electron chi connectivity index (χ4n) is 2.40. The monoisotopic (exact) mass is 312 g/mol. The van der Waals surface area contributed by atoms with Crippen molar-refractivity contribution in [2.75, 3.05) is 19.8 Å². The Morgan fingerprint density at radius 2 is 1.55 bits per heavy atom. The van der Waals surface area contributed by atoms with Gasteiger partial charge in [-0.1, -0.05) is 19.9 Å². The second-order valence-electron chi connectivity index (χ2n) is 5.27. The van der Waals surface area contributed by atoms with Crippen molar-refractivity contribution < 1.29 is 28.6 Å². The van der Waals surface area contributed by atoms with E-state index in [1.807, 2.05) is 6.92 Å². The molecule has 0 N–H and O–H groups in total. The van der Waals surface area contributed by atoms with Crippen LogP contribution >= 0.6 is 0 Å². The van der Waals surface area contributed by atoms with Crippen LogP contribution in [0.1, 0.15) is 39.0 Å². The molecule has 0 aromatic rings. The van der Waals surface area contributed by atoms with Crippen LogP contribution in [0, 0.1) is 11.8 Å². The third-order valence-corrected chi connectivity index (χ3v) is 3.53. The van der Waals surface area contributed by atoms with Gasteiger partial charge in [0.25, 0.3) is 0 Å². The number of esters is 3. The summed E-state index contributed by atoms with van der Waals surface area (Å²) in [6.45, 7) is 5.64. The van der Waals surface area contributed by atoms with Gasteiger partial charge in [0, 0.05) is 6.08 Å². The predicted molar refractivity (Wildman–Crippen MR) is 78.8 cm³/mol. The summed E-state index contributed by atoms with van der Waals surface area (Å²) in [4.78, 5) is 34.6. The lowest BCUT2D eigenvalue weighted by Crippen LogP contribution is -2.30. The first-order valence-corrected chi connectivity index (χ1v) is 7.71. The van der Waals surface area contributed by atoms with Crippen LogP contribution < -0.4 is 0 Å². The number of carbonyl (C=O) groups is 3. The number of hydrogen-bond donors (Lipinski definition) is 0. The van der Waals surface area contributed by atoms with Crippen molar-refractivity contribution in [3.8, 4) is 0 Å². The van der Waals surface area contributed by atoms with Gasteiger partial charge in [-0.3, -0.25) is 9.59 Å². The van der Waals surface area contributed by atoms with E-state index in [1.165, 1.54) is 0 Å². The molecule has 6 nitrogen and oxygen atoms in total. The van der Waals surface area contributed by atoms with Gasteiger partial charge in [0.1, 0.15) is 13.2 Å². The van der Waals surface area contributed by atoms with E-state index in [-0.39, 0.29) is 37.0 Å². The summed E-state index contributed by atoms with van der Waals surface area (Å²) in [5.74, 6) is -1.63. The molecule has 0 radical (unpaired) electrons. The first kappa shape index (κ1) is 18.2. The Hall–Kier alpha value is -1.85. The van der Waals surface area contributed by atoms with Gasteiger partial charge in [-0.15, -0.1) is 0 Å². The largest absolute Gasteiger partial charge is 0.465 e. The van der Waals surface area contributed by atoms with Crippen LogP contribution in [0.4, 0.5) is 0 Å². The third kappa shape index (κ3) is 6.28. The van der Waals surface area contributed by atoms with Crippen molar-refractivity contribution in [2.45, 2.75) is 39.0 Å². The van der Waals surface area contributed by atoms with E-state index in [0.29, 0.717) is 19.4 Å². The van der Waals surface area contributed by atoms with Gasteiger partial charge in [0.05, 0.1) is 18.4 Å². The molecule has 6 heteroatoms. The molecular weight excluding hydrogens is 288 g/mol. The van der Waals surface area contributed by atoms with Gasteiger partial charge in [0.15, 0.2) is 0 Å². The Kier molecular flexibility index (Phi) is 8.25. The maximum Gasteiger partial charge on any atom is 0.330 e. The summed E-state index contributed by atoms with van der Waals surface area (Å²) in [6, 6.07) is 0. The lowest BCUT2D eigenvalue weighted by atomic mass is 9.81. The molecular formula is C16H24O6. The molecule has 0 saturated heterocycles. The number of rotatable bonds is 8. The molecule has 0 bridgehead atoms. The highest BCUT2D eigenvalue weighted by molar-refractivity contribution is 5.81. The molecule has 0 spiro atoms. The molecule has 0 heterocycles. The van der Waals surface area contributed by atoms with E-state index in [4.69, 9.17) is 14.2 Å². The number of carbonyl (C=O) groups excluding carboxylic acids is 3. The summed E-state index contributed by atoms with van der Waals surface area (Å²) in [5.41, 5.74) is 0. The highest BCUT2D eigenvalue weighted by atomic mass is 16.6. The normalized spacial score (nSPS) is 20.8. The number of ether oxygens (including phenoxy) is 3. The fourth-order valence-corrected chi connectivity index (χ4v) is 2.40. The van der Waals surface area contributed by atoms with Crippen LogP contribution in [0.15, 0.2) is 12.7 Å². The summed E-state index contributed by atoms with van der Waals surface area (Å²) in [7, 11) is 0. The van der Waals surface area contributed by atoms with E-state index < -0.39 is 5.97 Å². The second-order valence-corrected chi connectivity index (χ2v) is 5.27. The van der Waals surface area contributed by atoms with Crippen molar-refractivity contribution >= 4 is 17.9 Å². The van der Waals surface area contributed by atoms with Gasteiger partial charge in [0.2, 0.25) is 0 Å². The molecule has 22 heavy (non-hydrogen) atoms. The second kappa shape index (κ2) is 9.97. The van der Waals surface area contributed by atoms with Gasteiger partial charge >= 0.3 is 17.9 Å². The molecule has 2 atom stereocenters. The van der Waals surface area contributed by atoms with E-state index >= 15 is 0 Å². The summed E-state index contributed by atoms with van der Waals surface area (Å²) >= 11 is 0. The summed E-state index contributed by atoms with van der Waals surface area (Å²) in [6.07, 6.45) is 4.57. The Labute approximate surface area is 130 Å². The Balaban J connectivity index is 2.31. The molecule has 1 rings (SSSR count). The smallest absolute Gasteiger partial charge is 0.330 e. The predicted octanol–water partition coefficient (Wildman–Crippen LogP) is 2.02. The Morgan fingerprint density at radius 3 is 2.09 bits per heavy atom. The van der Waals surface area contributed by atoms with Crippen LogP contribution in [-0.2, 0) is 28.6 Å². The van der Waals surface area contributed by atoms with Crippen LogP contribution in [0.2, 0.25) is 0 Å². The minimum absolute atomic E-state index is 0.00524. The molecule has 124 valence electrons. The molecule has 0 aromatic carbocycles. The number of hydrogen-bond acceptors (Lipinski definition) is 6. The van der Waals surface area contributed by atoms with Crippen molar-refractivity contribution in [3.05, 3.63) is 12.7 Å². The lowest BCUT2D eigenvalue weighted by Gasteiger charge is -2.26. The Bertz CT molecular complexity index is 403. The maximum absolute atomic E-state index is 12.0. The van der Waals surface area contributed by atoms with Crippen molar-refractivity contribution in [1.29, 1.82) is 0 Å². The molecule has 2 unspecified atom stereocenters. The molecule has 0 aliphatic heterocycles. The molecule has 1 saturated carbocycles. The molecule has 0 amide bonds. The minimum Gasteiger partial charge on any atom is -0.465 e. The molecule has 0 aromatic heterocycles. The molecule has 1 fully saturated rings. The van der Waals surface area contributed by atoms with Crippen molar-refractivity contribution in [1.82, 2.24) is 0 Å². The SMILES string of the molecule is C=CC(=O)OCCOC(=O)C1CCCC(C(=O)OCCC)C1. The zero-order valence-corrected chi connectivity index (χ0v) is 13.0. The van der Waals surface area contributed by atoms with Gasteiger partial charge in [-0.25, -0.2) is 4.79 Å². The van der Waals surface area contributed by atoms with Gasteiger partial charge in [-0.05, 0) is 25.7 Å². The zero-order valence-electron chi connectivity index (χ0n) is 13.0. The highest BCUT2D eigenvalue weighted by Gasteiger charge is 2.32. The van der Waals surface area contributed by atoms with E-state index in [9.17, 15) is 14.4 Å².